The third-order valence-corrected chi connectivity index (χ3v) is 2.73. The van der Waals surface area contributed by atoms with Gasteiger partial charge in [-0.3, -0.25) is 0 Å². The van der Waals surface area contributed by atoms with Gasteiger partial charge in [-0.15, -0.1) is 0 Å². The van der Waals surface area contributed by atoms with Crippen LogP contribution < -0.4 is 10.1 Å². The second kappa shape index (κ2) is 6.95. The van der Waals surface area contributed by atoms with Crippen LogP contribution in [0.2, 0.25) is 5.02 Å². The normalized spacial score (nSPS) is 10.2. The molecule has 0 saturated heterocycles. The molecule has 4 nitrogen and oxygen atoms in total. The minimum atomic E-state index is 0.593. The van der Waals surface area contributed by atoms with Crippen molar-refractivity contribution in [2.45, 2.75) is 19.9 Å². The first-order chi connectivity index (χ1) is 9.28. The minimum absolute atomic E-state index is 0.593. The molecule has 1 aromatic carbocycles. The zero-order chi connectivity index (χ0) is 13.5. The number of benzene rings is 1. The van der Waals surface area contributed by atoms with Gasteiger partial charge in [-0.25, -0.2) is 9.97 Å². The van der Waals surface area contributed by atoms with Crippen molar-refractivity contribution in [3.63, 3.8) is 0 Å². The van der Waals surface area contributed by atoms with E-state index in [-0.39, 0.29) is 0 Å². The van der Waals surface area contributed by atoms with Crippen molar-refractivity contribution in [2.75, 3.05) is 11.9 Å². The molecule has 0 unspecified atom stereocenters. The standard InChI is InChI=1S/C14H16ClN3O/c1-2-7-19-14-8-13(17-10-18-14)16-9-11-3-5-12(15)6-4-11/h3-6,8,10H,2,7,9H2,1H3,(H,16,17,18). The van der Waals surface area contributed by atoms with E-state index in [9.17, 15) is 0 Å². The number of rotatable bonds is 6. The Kier molecular flexibility index (Phi) is 4.98. The first-order valence-corrected chi connectivity index (χ1v) is 6.59. The Morgan fingerprint density at radius 1 is 1.21 bits per heavy atom. The summed E-state index contributed by atoms with van der Waals surface area (Å²) in [4.78, 5) is 8.20. The summed E-state index contributed by atoms with van der Waals surface area (Å²) in [5.74, 6) is 1.34. The van der Waals surface area contributed by atoms with Gasteiger partial charge < -0.3 is 10.1 Å². The largest absolute Gasteiger partial charge is 0.478 e. The van der Waals surface area contributed by atoms with Gasteiger partial charge in [0.05, 0.1) is 6.61 Å². The second-order valence-electron chi connectivity index (χ2n) is 4.07. The topological polar surface area (TPSA) is 47.0 Å². The highest BCUT2D eigenvalue weighted by molar-refractivity contribution is 6.30. The van der Waals surface area contributed by atoms with Crippen molar-refractivity contribution in [3.05, 3.63) is 47.2 Å². The molecule has 0 aliphatic carbocycles. The lowest BCUT2D eigenvalue weighted by molar-refractivity contribution is 0.305. The van der Waals surface area contributed by atoms with Crippen LogP contribution in [0.5, 0.6) is 5.88 Å². The maximum atomic E-state index is 5.84. The van der Waals surface area contributed by atoms with Crippen LogP contribution in [0.15, 0.2) is 36.7 Å². The molecule has 0 amide bonds. The van der Waals surface area contributed by atoms with Crippen molar-refractivity contribution in [1.29, 1.82) is 0 Å². The SMILES string of the molecule is CCCOc1cc(NCc2ccc(Cl)cc2)ncn1. The van der Waals surface area contributed by atoms with E-state index >= 15 is 0 Å². The van der Waals surface area contributed by atoms with Crippen LogP contribution in [-0.4, -0.2) is 16.6 Å². The lowest BCUT2D eigenvalue weighted by Crippen LogP contribution is -2.03. The quantitative estimate of drug-likeness (QED) is 0.877. The molecule has 2 aromatic rings. The van der Waals surface area contributed by atoms with E-state index in [1.807, 2.05) is 24.3 Å². The van der Waals surface area contributed by atoms with Crippen LogP contribution in [0, 0.1) is 0 Å². The fourth-order valence-electron chi connectivity index (χ4n) is 1.52. The first-order valence-electron chi connectivity index (χ1n) is 6.21. The van der Waals surface area contributed by atoms with Gasteiger partial charge in [-0.2, -0.15) is 0 Å². The van der Waals surface area contributed by atoms with E-state index in [1.54, 1.807) is 6.07 Å². The molecule has 100 valence electrons. The Morgan fingerprint density at radius 3 is 2.74 bits per heavy atom. The number of hydrogen-bond donors (Lipinski definition) is 1. The molecule has 1 heterocycles. The smallest absolute Gasteiger partial charge is 0.218 e. The highest BCUT2D eigenvalue weighted by Gasteiger charge is 2.00. The molecule has 0 saturated carbocycles. The molecule has 0 aliphatic heterocycles. The zero-order valence-electron chi connectivity index (χ0n) is 10.8. The molecule has 0 radical (unpaired) electrons. The maximum absolute atomic E-state index is 5.84. The molecule has 1 N–H and O–H groups in total. The summed E-state index contributed by atoms with van der Waals surface area (Å²) in [6.07, 6.45) is 2.45. The van der Waals surface area contributed by atoms with Crippen molar-refractivity contribution >= 4 is 17.4 Å². The van der Waals surface area contributed by atoms with E-state index in [0.29, 0.717) is 19.0 Å². The fourth-order valence-corrected chi connectivity index (χ4v) is 1.64. The van der Waals surface area contributed by atoms with Crippen LogP contribution in [-0.2, 0) is 6.54 Å². The number of anilines is 1. The lowest BCUT2D eigenvalue weighted by atomic mass is 10.2. The average molecular weight is 278 g/mol. The average Bonchev–Trinajstić information content (AvgIpc) is 2.45. The zero-order valence-corrected chi connectivity index (χ0v) is 11.5. The molecule has 0 bridgehead atoms. The number of nitrogens with zero attached hydrogens (tertiary/aromatic N) is 2. The van der Waals surface area contributed by atoms with Crippen LogP contribution in [0.25, 0.3) is 0 Å². The number of halogens is 1. The van der Waals surface area contributed by atoms with E-state index in [4.69, 9.17) is 16.3 Å². The van der Waals surface area contributed by atoms with Gasteiger partial charge in [0.15, 0.2) is 0 Å². The Morgan fingerprint density at radius 2 is 2.00 bits per heavy atom. The molecule has 5 heteroatoms. The maximum Gasteiger partial charge on any atom is 0.218 e. The third-order valence-electron chi connectivity index (χ3n) is 2.48. The number of aromatic nitrogens is 2. The summed E-state index contributed by atoms with van der Waals surface area (Å²) < 4.78 is 5.46. The highest BCUT2D eigenvalue weighted by Crippen LogP contribution is 2.14. The van der Waals surface area contributed by atoms with Gasteiger partial charge in [0, 0.05) is 17.6 Å². The van der Waals surface area contributed by atoms with Gasteiger partial charge in [0.1, 0.15) is 12.1 Å². The molecule has 1 aromatic heterocycles. The Bertz CT molecular complexity index is 516. The summed E-state index contributed by atoms with van der Waals surface area (Å²) in [5.41, 5.74) is 1.14. The van der Waals surface area contributed by atoms with Gasteiger partial charge in [0.25, 0.3) is 0 Å². The van der Waals surface area contributed by atoms with E-state index in [1.165, 1.54) is 6.33 Å². The van der Waals surface area contributed by atoms with Crippen LogP contribution in [0.4, 0.5) is 5.82 Å². The number of ether oxygens (including phenoxy) is 1. The van der Waals surface area contributed by atoms with E-state index < -0.39 is 0 Å². The van der Waals surface area contributed by atoms with Crippen molar-refractivity contribution in [2.24, 2.45) is 0 Å². The van der Waals surface area contributed by atoms with Crippen LogP contribution >= 0.6 is 11.6 Å². The molecule has 2 rings (SSSR count). The van der Waals surface area contributed by atoms with E-state index in [2.05, 4.69) is 22.2 Å². The summed E-state index contributed by atoms with van der Waals surface area (Å²) in [7, 11) is 0. The summed E-state index contributed by atoms with van der Waals surface area (Å²) in [6, 6.07) is 9.49. The lowest BCUT2D eigenvalue weighted by Gasteiger charge is -2.07. The predicted octanol–water partition coefficient (Wildman–Crippen LogP) is 3.53. The number of hydrogen-bond acceptors (Lipinski definition) is 4. The molecule has 0 spiro atoms. The monoisotopic (exact) mass is 277 g/mol. The van der Waals surface area contributed by atoms with Crippen molar-refractivity contribution in [1.82, 2.24) is 9.97 Å². The predicted molar refractivity (Wildman–Crippen MR) is 76.6 cm³/mol. The molecule has 19 heavy (non-hydrogen) atoms. The summed E-state index contributed by atoms with van der Waals surface area (Å²) >= 11 is 5.84. The molecule has 0 atom stereocenters. The van der Waals surface area contributed by atoms with Crippen molar-refractivity contribution in [3.8, 4) is 5.88 Å². The highest BCUT2D eigenvalue weighted by atomic mass is 35.5. The molecule has 0 fully saturated rings. The van der Waals surface area contributed by atoms with Gasteiger partial charge >= 0.3 is 0 Å². The van der Waals surface area contributed by atoms with Gasteiger partial charge in [0.2, 0.25) is 5.88 Å². The van der Waals surface area contributed by atoms with E-state index in [0.717, 1.165) is 22.8 Å². The Balaban J connectivity index is 1.93. The second-order valence-corrected chi connectivity index (χ2v) is 4.51. The third kappa shape index (κ3) is 4.41. The molecule has 0 aliphatic rings. The van der Waals surface area contributed by atoms with Crippen LogP contribution in [0.1, 0.15) is 18.9 Å². The minimum Gasteiger partial charge on any atom is -0.478 e. The molecular weight excluding hydrogens is 262 g/mol. The first kappa shape index (κ1) is 13.6. The summed E-state index contributed by atoms with van der Waals surface area (Å²) in [6.45, 7) is 3.40. The van der Waals surface area contributed by atoms with Crippen molar-refractivity contribution < 1.29 is 4.74 Å². The van der Waals surface area contributed by atoms with Crippen LogP contribution in [0.3, 0.4) is 0 Å². The number of nitrogens with one attached hydrogen (secondary N) is 1. The summed E-state index contributed by atoms with van der Waals surface area (Å²) in [5, 5.41) is 3.96. The van der Waals surface area contributed by atoms with Gasteiger partial charge in [-0.05, 0) is 24.1 Å². The fraction of sp³-hybridized carbons (Fsp3) is 0.286. The Labute approximate surface area is 117 Å². The Hall–Kier alpha value is -1.81. The molecular formula is C14H16ClN3O. The van der Waals surface area contributed by atoms with Gasteiger partial charge in [-0.1, -0.05) is 30.7 Å².